The fourth-order valence-electron chi connectivity index (χ4n) is 2.45. The zero-order chi connectivity index (χ0) is 17.1. The van der Waals surface area contributed by atoms with Crippen LogP contribution in [0.1, 0.15) is 35.1 Å². The van der Waals surface area contributed by atoms with E-state index in [1.54, 1.807) is 22.8 Å². The maximum atomic E-state index is 12.7. The molecule has 0 fully saturated rings. The van der Waals surface area contributed by atoms with E-state index in [0.717, 1.165) is 11.4 Å². The molecule has 3 rings (SSSR count). The molecular weight excluding hydrogens is 302 g/mol. The summed E-state index contributed by atoms with van der Waals surface area (Å²) in [5.41, 5.74) is 1.70. The molecule has 1 atom stereocenters. The Morgan fingerprint density at radius 3 is 2.50 bits per heavy atom. The number of nitrogens with zero attached hydrogens (tertiary/aromatic N) is 5. The number of rotatable bonds is 4. The lowest BCUT2D eigenvalue weighted by Gasteiger charge is -2.23. The third-order valence-electron chi connectivity index (χ3n) is 3.98. The van der Waals surface area contributed by atoms with Gasteiger partial charge in [-0.2, -0.15) is 0 Å². The quantitative estimate of drug-likeness (QED) is 0.741. The smallest absolute Gasteiger partial charge is 0.293 e. The summed E-state index contributed by atoms with van der Waals surface area (Å²) >= 11 is 0. The maximum absolute atomic E-state index is 12.7. The normalized spacial score (nSPS) is 12.0. The molecule has 0 spiro atoms. The van der Waals surface area contributed by atoms with Crippen LogP contribution < -0.4 is 0 Å². The van der Waals surface area contributed by atoms with Gasteiger partial charge in [0.05, 0.1) is 17.4 Å². The summed E-state index contributed by atoms with van der Waals surface area (Å²) < 4.78 is 1.67. The Morgan fingerprint density at radius 2 is 1.83 bits per heavy atom. The molecule has 2 aromatic heterocycles. The summed E-state index contributed by atoms with van der Waals surface area (Å²) in [6.07, 6.45) is 1.72. The molecule has 0 saturated carbocycles. The minimum absolute atomic E-state index is 0.164. The molecule has 6 heteroatoms. The molecule has 1 amide bonds. The second kappa shape index (κ2) is 6.62. The zero-order valence-electron chi connectivity index (χ0n) is 13.9. The summed E-state index contributed by atoms with van der Waals surface area (Å²) in [5, 5.41) is 4.37. The van der Waals surface area contributed by atoms with Crippen molar-refractivity contribution in [3.8, 4) is 5.69 Å². The van der Waals surface area contributed by atoms with Crippen molar-refractivity contribution in [2.24, 2.45) is 0 Å². The molecule has 0 aliphatic heterocycles. The van der Waals surface area contributed by atoms with E-state index in [1.165, 1.54) is 0 Å². The van der Waals surface area contributed by atoms with Gasteiger partial charge < -0.3 is 4.90 Å². The first-order valence-corrected chi connectivity index (χ1v) is 7.75. The Morgan fingerprint density at radius 1 is 1.12 bits per heavy atom. The van der Waals surface area contributed by atoms with Gasteiger partial charge >= 0.3 is 0 Å². The SMILES string of the molecule is Cc1nc(C(=O)N(C)[C@H](C)c2ccccn2)nn1-c1ccccc1. The molecule has 0 aliphatic carbocycles. The van der Waals surface area contributed by atoms with Crippen molar-refractivity contribution in [2.45, 2.75) is 19.9 Å². The number of aryl methyl sites for hydroxylation is 1. The lowest BCUT2D eigenvalue weighted by atomic mass is 10.2. The number of carbonyl (C=O) groups excluding carboxylic acids is 1. The molecule has 0 bridgehead atoms. The number of amides is 1. The van der Waals surface area contributed by atoms with Gasteiger partial charge in [0.1, 0.15) is 5.82 Å². The molecule has 1 aromatic carbocycles. The molecule has 24 heavy (non-hydrogen) atoms. The van der Waals surface area contributed by atoms with E-state index in [9.17, 15) is 4.79 Å². The molecule has 0 radical (unpaired) electrons. The molecular formula is C18H19N5O. The highest BCUT2D eigenvalue weighted by atomic mass is 16.2. The maximum Gasteiger partial charge on any atom is 0.293 e. The third-order valence-corrected chi connectivity index (χ3v) is 3.98. The van der Waals surface area contributed by atoms with Gasteiger partial charge in [-0.25, -0.2) is 9.67 Å². The first kappa shape index (κ1) is 15.9. The van der Waals surface area contributed by atoms with Crippen molar-refractivity contribution < 1.29 is 4.79 Å². The Kier molecular flexibility index (Phi) is 4.37. The van der Waals surface area contributed by atoms with Gasteiger partial charge in [0.25, 0.3) is 5.91 Å². The third kappa shape index (κ3) is 3.03. The van der Waals surface area contributed by atoms with E-state index in [0.29, 0.717) is 5.82 Å². The molecule has 3 aromatic rings. The number of hydrogen-bond donors (Lipinski definition) is 0. The van der Waals surface area contributed by atoms with Gasteiger partial charge in [0.2, 0.25) is 5.82 Å². The number of aromatic nitrogens is 4. The molecule has 122 valence electrons. The van der Waals surface area contributed by atoms with E-state index in [4.69, 9.17) is 0 Å². The lowest BCUT2D eigenvalue weighted by Crippen LogP contribution is -2.31. The van der Waals surface area contributed by atoms with Gasteiger partial charge in [0, 0.05) is 13.2 Å². The predicted molar refractivity (Wildman–Crippen MR) is 90.8 cm³/mol. The second-order valence-corrected chi connectivity index (χ2v) is 5.58. The highest BCUT2D eigenvalue weighted by Gasteiger charge is 2.24. The van der Waals surface area contributed by atoms with Crippen molar-refractivity contribution in [1.82, 2.24) is 24.6 Å². The van der Waals surface area contributed by atoms with Crippen molar-refractivity contribution in [1.29, 1.82) is 0 Å². The number of carbonyl (C=O) groups is 1. The van der Waals surface area contributed by atoms with Gasteiger partial charge in [-0.1, -0.05) is 24.3 Å². The summed E-state index contributed by atoms with van der Waals surface area (Å²) in [4.78, 5) is 23.0. The van der Waals surface area contributed by atoms with E-state index < -0.39 is 0 Å². The van der Waals surface area contributed by atoms with E-state index >= 15 is 0 Å². The number of benzene rings is 1. The van der Waals surface area contributed by atoms with Gasteiger partial charge in [0.15, 0.2) is 0 Å². The minimum Gasteiger partial charge on any atom is -0.331 e. The van der Waals surface area contributed by atoms with Crippen LogP contribution in [0, 0.1) is 6.92 Å². The van der Waals surface area contributed by atoms with E-state index in [2.05, 4.69) is 15.1 Å². The molecule has 2 heterocycles. The Labute approximate surface area is 140 Å². The second-order valence-electron chi connectivity index (χ2n) is 5.58. The zero-order valence-corrected chi connectivity index (χ0v) is 13.9. The molecule has 0 N–H and O–H groups in total. The summed E-state index contributed by atoms with van der Waals surface area (Å²) in [7, 11) is 1.74. The standard InChI is InChI=1S/C18H19N5O/c1-13(16-11-7-8-12-19-16)22(3)18(24)17-20-14(2)23(21-17)15-9-5-4-6-10-15/h4-13H,1-3H3/t13-/m1/s1. The van der Waals surface area contributed by atoms with Crippen molar-refractivity contribution in [3.05, 3.63) is 72.1 Å². The van der Waals surface area contributed by atoms with Gasteiger partial charge in [-0.3, -0.25) is 9.78 Å². The highest BCUT2D eigenvalue weighted by molar-refractivity contribution is 5.90. The molecule has 0 saturated heterocycles. The largest absolute Gasteiger partial charge is 0.331 e. The Bertz CT molecular complexity index is 829. The van der Waals surface area contributed by atoms with Crippen LogP contribution in [-0.2, 0) is 0 Å². The average Bonchev–Trinajstić information content (AvgIpc) is 3.03. The van der Waals surface area contributed by atoms with Crippen LogP contribution in [0.4, 0.5) is 0 Å². The van der Waals surface area contributed by atoms with E-state index in [-0.39, 0.29) is 17.8 Å². The van der Waals surface area contributed by atoms with Crippen molar-refractivity contribution >= 4 is 5.91 Å². The van der Waals surface area contributed by atoms with Gasteiger partial charge in [-0.05, 0) is 38.1 Å². The van der Waals surface area contributed by atoms with Crippen molar-refractivity contribution in [3.63, 3.8) is 0 Å². The molecule has 6 nitrogen and oxygen atoms in total. The fourth-order valence-corrected chi connectivity index (χ4v) is 2.45. The van der Waals surface area contributed by atoms with Crippen LogP contribution in [0.25, 0.3) is 5.69 Å². The fraction of sp³-hybridized carbons (Fsp3) is 0.222. The predicted octanol–water partition coefficient (Wildman–Crippen LogP) is 2.80. The lowest BCUT2D eigenvalue weighted by molar-refractivity contribution is 0.0727. The monoisotopic (exact) mass is 321 g/mol. The summed E-state index contributed by atoms with van der Waals surface area (Å²) in [6, 6.07) is 15.1. The van der Waals surface area contributed by atoms with Crippen LogP contribution in [-0.4, -0.2) is 37.6 Å². The molecule has 0 unspecified atom stereocenters. The highest BCUT2D eigenvalue weighted by Crippen LogP contribution is 2.18. The Balaban J connectivity index is 1.85. The van der Waals surface area contributed by atoms with Crippen LogP contribution in [0.15, 0.2) is 54.7 Å². The van der Waals surface area contributed by atoms with Crippen molar-refractivity contribution in [2.75, 3.05) is 7.05 Å². The summed E-state index contributed by atoms with van der Waals surface area (Å²) in [6.45, 7) is 3.76. The number of para-hydroxylation sites is 1. The van der Waals surface area contributed by atoms with Crippen LogP contribution in [0.2, 0.25) is 0 Å². The minimum atomic E-state index is -0.231. The topological polar surface area (TPSA) is 63.9 Å². The number of hydrogen-bond acceptors (Lipinski definition) is 4. The molecule has 0 aliphatic rings. The summed E-state index contributed by atoms with van der Waals surface area (Å²) in [5.74, 6) is 0.621. The van der Waals surface area contributed by atoms with E-state index in [1.807, 2.05) is 62.4 Å². The van der Waals surface area contributed by atoms with Crippen LogP contribution in [0.3, 0.4) is 0 Å². The number of pyridine rings is 1. The first-order valence-electron chi connectivity index (χ1n) is 7.75. The average molecular weight is 321 g/mol. The van der Waals surface area contributed by atoms with Crippen LogP contribution in [0.5, 0.6) is 0 Å². The van der Waals surface area contributed by atoms with Crippen LogP contribution >= 0.6 is 0 Å². The van der Waals surface area contributed by atoms with Gasteiger partial charge in [-0.15, -0.1) is 5.10 Å². The first-order chi connectivity index (χ1) is 11.6. The Hall–Kier alpha value is -3.02.